The molecule has 1 aliphatic rings. The number of hydrogen-bond donors (Lipinski definition) is 1. The number of halogens is 2. The van der Waals surface area contributed by atoms with Crippen molar-refractivity contribution in [1.29, 1.82) is 0 Å². The number of carbonyl (C=O) groups is 2. The molecule has 204 valence electrons. The topological polar surface area (TPSA) is 85.3 Å². The Balaban J connectivity index is 2.00. The second-order valence-electron chi connectivity index (χ2n) is 10.0. The third-order valence-electron chi connectivity index (χ3n) is 6.66. The van der Waals surface area contributed by atoms with Gasteiger partial charge in [0.2, 0.25) is 0 Å². The van der Waals surface area contributed by atoms with Crippen molar-refractivity contribution >= 4 is 46.3 Å². The van der Waals surface area contributed by atoms with Crippen LogP contribution in [0, 0.1) is 0 Å². The molecule has 3 aromatic carbocycles. The highest BCUT2D eigenvalue weighted by atomic mass is 35.5. The number of methoxy groups -OCH3 is 3. The van der Waals surface area contributed by atoms with E-state index in [4.69, 9.17) is 37.4 Å². The third-order valence-corrected chi connectivity index (χ3v) is 7.28. The van der Waals surface area contributed by atoms with Crippen molar-refractivity contribution in [3.05, 3.63) is 86.9 Å². The van der Waals surface area contributed by atoms with E-state index in [1.807, 2.05) is 12.1 Å². The van der Waals surface area contributed by atoms with E-state index in [9.17, 15) is 14.7 Å². The van der Waals surface area contributed by atoms with Gasteiger partial charge >= 0.3 is 0 Å². The quantitative estimate of drug-likeness (QED) is 0.196. The number of rotatable bonds is 6. The predicted molar refractivity (Wildman–Crippen MR) is 152 cm³/mol. The van der Waals surface area contributed by atoms with Crippen LogP contribution >= 0.6 is 23.2 Å². The average Bonchev–Trinajstić information content (AvgIpc) is 3.18. The lowest BCUT2D eigenvalue weighted by atomic mass is 9.87. The first-order valence-electron chi connectivity index (χ1n) is 12.1. The summed E-state index contributed by atoms with van der Waals surface area (Å²) in [5.41, 5.74) is 1.90. The molecule has 1 amide bonds. The lowest BCUT2D eigenvalue weighted by molar-refractivity contribution is -0.132. The van der Waals surface area contributed by atoms with E-state index >= 15 is 0 Å². The molecule has 0 aromatic heterocycles. The van der Waals surface area contributed by atoms with Crippen molar-refractivity contribution in [2.24, 2.45) is 0 Å². The molecule has 39 heavy (non-hydrogen) atoms. The fourth-order valence-electron chi connectivity index (χ4n) is 4.64. The maximum Gasteiger partial charge on any atom is 0.300 e. The number of aliphatic hydroxyl groups is 1. The summed E-state index contributed by atoms with van der Waals surface area (Å²) >= 11 is 12.8. The lowest BCUT2D eigenvalue weighted by Crippen LogP contribution is -2.29. The first-order valence-corrected chi connectivity index (χ1v) is 12.9. The zero-order valence-corrected chi connectivity index (χ0v) is 24.0. The molecule has 0 bridgehead atoms. The first-order chi connectivity index (χ1) is 18.4. The van der Waals surface area contributed by atoms with E-state index < -0.39 is 23.5 Å². The van der Waals surface area contributed by atoms with Gasteiger partial charge in [-0.2, -0.15) is 0 Å². The first kappa shape index (κ1) is 28.3. The number of anilines is 1. The van der Waals surface area contributed by atoms with Gasteiger partial charge in [-0.3, -0.25) is 14.5 Å². The lowest BCUT2D eigenvalue weighted by Gasteiger charge is -2.27. The van der Waals surface area contributed by atoms with E-state index in [0.29, 0.717) is 17.0 Å². The number of ether oxygens (including phenoxy) is 3. The van der Waals surface area contributed by atoms with Crippen LogP contribution in [0.15, 0.2) is 60.2 Å². The molecule has 7 nitrogen and oxygen atoms in total. The number of amides is 1. The van der Waals surface area contributed by atoms with E-state index in [1.165, 1.54) is 32.3 Å². The van der Waals surface area contributed by atoms with Crippen LogP contribution in [0.1, 0.15) is 43.5 Å². The summed E-state index contributed by atoms with van der Waals surface area (Å²) in [6.45, 7) is 6.26. The van der Waals surface area contributed by atoms with Crippen LogP contribution < -0.4 is 19.1 Å². The van der Waals surface area contributed by atoms with Crippen LogP contribution in [-0.2, 0) is 15.0 Å². The molecule has 1 N–H and O–H groups in total. The molecule has 4 rings (SSSR count). The molecule has 3 aromatic rings. The Bertz CT molecular complexity index is 1470. The van der Waals surface area contributed by atoms with Crippen LogP contribution in [-0.4, -0.2) is 38.1 Å². The molecule has 0 spiro atoms. The number of carbonyl (C=O) groups excluding carboxylic acids is 2. The predicted octanol–water partition coefficient (Wildman–Crippen LogP) is 6.94. The monoisotopic (exact) mass is 569 g/mol. The summed E-state index contributed by atoms with van der Waals surface area (Å²) in [7, 11) is 4.28. The summed E-state index contributed by atoms with van der Waals surface area (Å²) in [5.74, 6) is -1.44. The molecular formula is C30H29Cl2NO6. The van der Waals surface area contributed by atoms with E-state index in [2.05, 4.69) is 20.8 Å². The molecule has 1 atom stereocenters. The van der Waals surface area contributed by atoms with E-state index in [-0.39, 0.29) is 38.1 Å². The number of nitrogens with zero attached hydrogens (tertiary/aromatic N) is 1. The van der Waals surface area contributed by atoms with E-state index in [0.717, 1.165) is 5.56 Å². The fraction of sp³-hybridized carbons (Fsp3) is 0.267. The van der Waals surface area contributed by atoms with Crippen LogP contribution in [0.5, 0.6) is 17.2 Å². The van der Waals surface area contributed by atoms with Gasteiger partial charge in [-0.25, -0.2) is 0 Å². The standard InChI is InChI=1S/C30H29Cl2NO6/c1-30(2,3)17-10-12-18(13-11-17)33-24(16-8-7-9-19(14-16)37-4)22(26(35)29(33)36)25(34)20-15-21(31)28(39-6)23(32)27(20)38-5/h7-15,24,34H,1-6H3/b25-22+. The van der Waals surface area contributed by atoms with Crippen molar-refractivity contribution in [1.82, 2.24) is 0 Å². The Morgan fingerprint density at radius 2 is 1.54 bits per heavy atom. The molecule has 1 heterocycles. The summed E-state index contributed by atoms with van der Waals surface area (Å²) in [5, 5.41) is 11.7. The van der Waals surface area contributed by atoms with E-state index in [1.54, 1.807) is 36.4 Å². The summed E-state index contributed by atoms with van der Waals surface area (Å²) in [6.07, 6.45) is 0. The van der Waals surface area contributed by atoms with Gasteiger partial charge in [0.25, 0.3) is 11.7 Å². The zero-order chi connectivity index (χ0) is 28.6. The zero-order valence-electron chi connectivity index (χ0n) is 22.5. The largest absolute Gasteiger partial charge is 0.507 e. The van der Waals surface area contributed by atoms with Gasteiger partial charge in [-0.15, -0.1) is 0 Å². The van der Waals surface area contributed by atoms with Gasteiger partial charge in [-0.1, -0.05) is 68.2 Å². The number of hydrogen-bond acceptors (Lipinski definition) is 6. The minimum absolute atomic E-state index is 0.0129. The van der Waals surface area contributed by atoms with Gasteiger partial charge in [0, 0.05) is 5.69 Å². The number of aliphatic hydroxyl groups excluding tert-OH is 1. The molecule has 0 radical (unpaired) electrons. The summed E-state index contributed by atoms with van der Waals surface area (Å²) in [4.78, 5) is 28.5. The minimum atomic E-state index is -0.982. The molecule has 9 heteroatoms. The minimum Gasteiger partial charge on any atom is -0.507 e. The molecule has 1 unspecified atom stereocenters. The van der Waals surface area contributed by atoms with Crippen molar-refractivity contribution < 1.29 is 28.9 Å². The maximum absolute atomic E-state index is 13.6. The SMILES string of the molecule is COc1cccc(C2/C(=C(\O)c3cc(Cl)c(OC)c(Cl)c3OC)C(=O)C(=O)N2c2ccc(C(C)(C)C)cc2)c1. The highest BCUT2D eigenvalue weighted by Crippen LogP contribution is 2.48. The molecule has 0 aliphatic carbocycles. The second-order valence-corrected chi connectivity index (χ2v) is 10.8. The Labute approximate surface area is 237 Å². The number of Topliss-reactive ketones (excluding diaryl/α,β-unsaturated/α-hetero) is 1. The third kappa shape index (κ3) is 5.04. The van der Waals surface area contributed by atoms with Gasteiger partial charge in [0.15, 0.2) is 11.5 Å². The Morgan fingerprint density at radius 3 is 2.10 bits per heavy atom. The highest BCUT2D eigenvalue weighted by Gasteiger charge is 2.47. The highest BCUT2D eigenvalue weighted by molar-refractivity contribution is 6.52. The van der Waals surface area contributed by atoms with Crippen molar-refractivity contribution in [3.8, 4) is 17.2 Å². The fourth-order valence-corrected chi connectivity index (χ4v) is 5.33. The summed E-state index contributed by atoms with van der Waals surface area (Å²) < 4.78 is 16.1. The number of ketones is 1. The maximum atomic E-state index is 13.6. The van der Waals surface area contributed by atoms with Crippen LogP contribution in [0.2, 0.25) is 10.0 Å². The second kappa shape index (κ2) is 10.8. The normalized spacial score (nSPS) is 16.9. The van der Waals surface area contributed by atoms with Crippen LogP contribution in [0.4, 0.5) is 5.69 Å². The van der Waals surface area contributed by atoms with Crippen molar-refractivity contribution in [2.45, 2.75) is 32.2 Å². The molecular weight excluding hydrogens is 541 g/mol. The smallest absolute Gasteiger partial charge is 0.300 e. The Kier molecular flexibility index (Phi) is 7.87. The summed E-state index contributed by atoms with van der Waals surface area (Å²) in [6, 6.07) is 14.8. The molecule has 1 fully saturated rings. The van der Waals surface area contributed by atoms with Gasteiger partial charge in [0.1, 0.15) is 16.5 Å². The van der Waals surface area contributed by atoms with Crippen molar-refractivity contribution in [3.63, 3.8) is 0 Å². The molecule has 0 saturated carbocycles. The molecule has 1 saturated heterocycles. The van der Waals surface area contributed by atoms with Crippen LogP contribution in [0.25, 0.3) is 5.76 Å². The Morgan fingerprint density at radius 1 is 0.897 bits per heavy atom. The Hall–Kier alpha value is -3.68. The number of benzene rings is 3. The van der Waals surface area contributed by atoms with Crippen LogP contribution in [0.3, 0.4) is 0 Å². The van der Waals surface area contributed by atoms with Gasteiger partial charge in [-0.05, 0) is 46.9 Å². The average molecular weight is 570 g/mol. The van der Waals surface area contributed by atoms with Gasteiger partial charge < -0.3 is 19.3 Å². The van der Waals surface area contributed by atoms with Crippen molar-refractivity contribution in [2.75, 3.05) is 26.2 Å². The van der Waals surface area contributed by atoms with Gasteiger partial charge in [0.05, 0.1) is 43.5 Å². The molecule has 1 aliphatic heterocycles.